The SMILES string of the molecule is CC(O[C@H]1CC[C@H](Nc2ccc([N+](=O)[O-])c(C(F)(F)F)c2)CC1)C(=O)N1CCN(c2ccc3cc(Cl)ccc3n2)CC1. The fourth-order valence-corrected chi connectivity index (χ4v) is 5.79. The molecular weight excluding hydrogens is 575 g/mol. The van der Waals surface area contributed by atoms with Crippen molar-refractivity contribution in [2.24, 2.45) is 0 Å². The number of nitrogens with zero attached hydrogens (tertiary/aromatic N) is 4. The summed E-state index contributed by atoms with van der Waals surface area (Å²) in [6.45, 7) is 4.17. The third kappa shape index (κ3) is 6.87. The highest BCUT2D eigenvalue weighted by Crippen LogP contribution is 2.38. The number of fused-ring (bicyclic) bond motifs is 1. The molecular formula is C29H31ClF3N5O4. The van der Waals surface area contributed by atoms with Crippen LogP contribution in [0.2, 0.25) is 5.02 Å². The number of alkyl halides is 3. The molecule has 1 saturated heterocycles. The van der Waals surface area contributed by atoms with Crippen LogP contribution in [0.5, 0.6) is 0 Å². The Balaban J connectivity index is 1.08. The van der Waals surface area contributed by atoms with Crippen LogP contribution in [0.4, 0.5) is 30.4 Å². The van der Waals surface area contributed by atoms with Gasteiger partial charge in [0.05, 0.1) is 16.5 Å². The maximum absolute atomic E-state index is 13.3. The summed E-state index contributed by atoms with van der Waals surface area (Å²) in [5, 5.41) is 15.7. The third-order valence-electron chi connectivity index (χ3n) is 7.84. The van der Waals surface area contributed by atoms with Crippen molar-refractivity contribution >= 4 is 45.6 Å². The molecule has 1 aliphatic heterocycles. The summed E-state index contributed by atoms with van der Waals surface area (Å²) in [5.74, 6) is 0.788. The largest absolute Gasteiger partial charge is 0.423 e. The van der Waals surface area contributed by atoms with Crippen LogP contribution in [0.1, 0.15) is 38.2 Å². The normalized spacial score (nSPS) is 20.4. The van der Waals surface area contributed by atoms with E-state index in [-0.39, 0.29) is 23.7 Å². The van der Waals surface area contributed by atoms with Crippen LogP contribution in [0.15, 0.2) is 48.5 Å². The van der Waals surface area contributed by atoms with Gasteiger partial charge in [-0.2, -0.15) is 13.2 Å². The zero-order valence-corrected chi connectivity index (χ0v) is 23.7. The van der Waals surface area contributed by atoms with Gasteiger partial charge in [-0.25, -0.2) is 4.98 Å². The summed E-state index contributed by atoms with van der Waals surface area (Å²) < 4.78 is 46.0. The number of pyridine rings is 1. The first kappa shape index (κ1) is 29.8. The third-order valence-corrected chi connectivity index (χ3v) is 8.07. The molecule has 9 nitrogen and oxygen atoms in total. The van der Waals surface area contributed by atoms with Gasteiger partial charge in [-0.15, -0.1) is 0 Å². The van der Waals surface area contributed by atoms with Crippen molar-refractivity contribution in [3.8, 4) is 0 Å². The molecule has 2 heterocycles. The number of aromatic nitrogens is 1. The smallest absolute Gasteiger partial charge is 0.382 e. The van der Waals surface area contributed by atoms with Crippen LogP contribution < -0.4 is 10.2 Å². The van der Waals surface area contributed by atoms with E-state index in [9.17, 15) is 28.1 Å². The minimum atomic E-state index is -4.83. The molecule has 1 N–H and O–H groups in total. The molecule has 2 fully saturated rings. The zero-order valence-electron chi connectivity index (χ0n) is 22.9. The van der Waals surface area contributed by atoms with Gasteiger partial charge in [-0.05, 0) is 75.1 Å². The maximum Gasteiger partial charge on any atom is 0.423 e. The molecule has 1 aliphatic carbocycles. The van der Waals surface area contributed by atoms with Crippen LogP contribution in [0.3, 0.4) is 0 Å². The summed E-state index contributed by atoms with van der Waals surface area (Å²) in [6.07, 6.45) is -3.04. The Morgan fingerprint density at radius 2 is 1.79 bits per heavy atom. The average molecular weight is 606 g/mol. The lowest BCUT2D eigenvalue weighted by Gasteiger charge is -2.37. The molecule has 0 spiro atoms. The number of ether oxygens (including phenoxy) is 1. The Labute approximate surface area is 245 Å². The standard InChI is InChI=1S/C29H31ClF3N5O4/c1-18(28(39)37-14-12-36(13-15-37)27-11-2-19-16-20(30)3-9-25(19)35-27)42-23-7-4-21(5-8-23)34-22-6-10-26(38(40)41)24(17-22)29(31,32)33/h2-3,6,9-11,16-18,21,23,34H,4-5,7-8,12-15H2,1H3/t18?,21-,23-. The van der Waals surface area contributed by atoms with E-state index in [2.05, 4.69) is 10.2 Å². The number of hydrogen-bond acceptors (Lipinski definition) is 7. The van der Waals surface area contributed by atoms with Crippen molar-refractivity contribution in [1.82, 2.24) is 9.88 Å². The van der Waals surface area contributed by atoms with Crippen molar-refractivity contribution in [3.05, 3.63) is 69.2 Å². The number of hydrogen-bond donors (Lipinski definition) is 1. The summed E-state index contributed by atoms with van der Waals surface area (Å²) in [7, 11) is 0. The summed E-state index contributed by atoms with van der Waals surface area (Å²) in [4.78, 5) is 31.8. The number of carbonyl (C=O) groups is 1. The van der Waals surface area contributed by atoms with E-state index in [1.807, 2.05) is 35.2 Å². The molecule has 1 atom stereocenters. The van der Waals surface area contributed by atoms with E-state index in [1.165, 1.54) is 6.07 Å². The van der Waals surface area contributed by atoms with E-state index in [4.69, 9.17) is 21.3 Å². The molecule has 1 amide bonds. The van der Waals surface area contributed by atoms with Gasteiger partial charge in [-0.3, -0.25) is 14.9 Å². The first-order valence-corrected chi connectivity index (χ1v) is 14.2. The predicted molar refractivity (Wildman–Crippen MR) is 154 cm³/mol. The van der Waals surface area contributed by atoms with E-state index < -0.39 is 28.5 Å². The maximum atomic E-state index is 13.3. The number of nitro groups is 1. The first-order valence-electron chi connectivity index (χ1n) is 13.9. The molecule has 42 heavy (non-hydrogen) atoms. The quantitative estimate of drug-likeness (QED) is 0.249. The minimum Gasteiger partial charge on any atom is -0.382 e. The number of nitrogens with one attached hydrogen (secondary N) is 1. The van der Waals surface area contributed by atoms with Gasteiger partial charge in [0.25, 0.3) is 11.6 Å². The molecule has 2 aromatic carbocycles. The molecule has 1 unspecified atom stereocenters. The van der Waals surface area contributed by atoms with Gasteiger partial charge in [0.15, 0.2) is 0 Å². The summed E-state index contributed by atoms with van der Waals surface area (Å²) in [6, 6.07) is 12.4. The fraction of sp³-hybridized carbons (Fsp3) is 0.448. The Hall–Kier alpha value is -3.64. The lowest BCUT2D eigenvalue weighted by atomic mass is 9.92. The Kier molecular flexibility index (Phi) is 8.74. The van der Waals surface area contributed by atoms with Gasteiger partial charge in [-0.1, -0.05) is 11.6 Å². The monoisotopic (exact) mass is 605 g/mol. The topological polar surface area (TPSA) is 101 Å². The number of carbonyl (C=O) groups excluding carboxylic acids is 1. The lowest BCUT2D eigenvalue weighted by Crippen LogP contribution is -2.52. The highest BCUT2D eigenvalue weighted by Gasteiger charge is 2.38. The Morgan fingerprint density at radius 1 is 1.07 bits per heavy atom. The zero-order chi connectivity index (χ0) is 30.0. The molecule has 3 aromatic rings. The number of nitro benzene ring substituents is 1. The van der Waals surface area contributed by atoms with E-state index >= 15 is 0 Å². The second-order valence-corrected chi connectivity index (χ2v) is 11.1. The van der Waals surface area contributed by atoms with Gasteiger partial charge >= 0.3 is 6.18 Å². The van der Waals surface area contributed by atoms with Crippen LogP contribution >= 0.6 is 11.6 Å². The summed E-state index contributed by atoms with van der Waals surface area (Å²) >= 11 is 6.07. The highest BCUT2D eigenvalue weighted by molar-refractivity contribution is 6.31. The average Bonchev–Trinajstić information content (AvgIpc) is 2.97. The molecule has 13 heteroatoms. The highest BCUT2D eigenvalue weighted by atomic mass is 35.5. The molecule has 5 rings (SSSR count). The van der Waals surface area contributed by atoms with E-state index in [0.29, 0.717) is 56.9 Å². The molecule has 1 aromatic heterocycles. The van der Waals surface area contributed by atoms with Crippen LogP contribution in [0.25, 0.3) is 10.9 Å². The van der Waals surface area contributed by atoms with Gasteiger partial charge < -0.3 is 19.9 Å². The number of halogens is 4. The van der Waals surface area contributed by atoms with Crippen molar-refractivity contribution in [2.45, 2.75) is 57.0 Å². The van der Waals surface area contributed by atoms with Crippen LogP contribution in [-0.2, 0) is 15.7 Å². The predicted octanol–water partition coefficient (Wildman–Crippen LogP) is 6.29. The van der Waals surface area contributed by atoms with E-state index in [0.717, 1.165) is 28.9 Å². The van der Waals surface area contributed by atoms with Crippen LogP contribution in [-0.4, -0.2) is 65.1 Å². The second kappa shape index (κ2) is 12.3. The van der Waals surface area contributed by atoms with Gasteiger partial charge in [0, 0.05) is 54.4 Å². The molecule has 0 radical (unpaired) electrons. The number of benzene rings is 2. The van der Waals surface area contributed by atoms with Gasteiger partial charge in [0.1, 0.15) is 17.5 Å². The fourth-order valence-electron chi connectivity index (χ4n) is 5.61. The number of rotatable bonds is 7. The lowest BCUT2D eigenvalue weighted by molar-refractivity contribution is -0.388. The van der Waals surface area contributed by atoms with Crippen molar-refractivity contribution in [3.63, 3.8) is 0 Å². The second-order valence-electron chi connectivity index (χ2n) is 10.7. The molecule has 2 aliphatic rings. The van der Waals surface area contributed by atoms with Crippen LogP contribution in [0, 0.1) is 10.1 Å². The first-order chi connectivity index (χ1) is 20.0. The van der Waals surface area contributed by atoms with Crippen molar-refractivity contribution < 1.29 is 27.6 Å². The number of piperazine rings is 1. The summed E-state index contributed by atoms with van der Waals surface area (Å²) in [5.41, 5.74) is -1.20. The Morgan fingerprint density at radius 3 is 2.45 bits per heavy atom. The van der Waals surface area contributed by atoms with E-state index in [1.54, 1.807) is 6.92 Å². The minimum absolute atomic E-state index is 0.0680. The molecule has 0 bridgehead atoms. The van der Waals surface area contributed by atoms with Crippen molar-refractivity contribution in [2.75, 3.05) is 36.4 Å². The van der Waals surface area contributed by atoms with Gasteiger partial charge in [0.2, 0.25) is 0 Å². The Bertz CT molecular complexity index is 1460. The number of amides is 1. The van der Waals surface area contributed by atoms with Crippen molar-refractivity contribution in [1.29, 1.82) is 0 Å². The molecule has 224 valence electrons. The number of anilines is 2. The molecule has 1 saturated carbocycles.